The second kappa shape index (κ2) is 6.85. The number of nitrogens with zero attached hydrogens (tertiary/aromatic N) is 3. The van der Waals surface area contributed by atoms with E-state index in [-0.39, 0.29) is 12.5 Å². The van der Waals surface area contributed by atoms with Gasteiger partial charge in [-0.1, -0.05) is 0 Å². The third kappa shape index (κ3) is 3.80. The van der Waals surface area contributed by atoms with E-state index in [1.807, 2.05) is 22.7 Å². The molecule has 6 nitrogen and oxygen atoms in total. The van der Waals surface area contributed by atoms with Crippen molar-refractivity contribution in [2.24, 2.45) is 11.7 Å². The molecule has 1 aromatic heterocycles. The van der Waals surface area contributed by atoms with Crippen molar-refractivity contribution in [1.82, 2.24) is 14.7 Å². The number of piperidine rings is 1. The lowest BCUT2D eigenvalue weighted by atomic mass is 9.96. The summed E-state index contributed by atoms with van der Waals surface area (Å²) in [6.45, 7) is 4.82. The predicted octanol–water partition coefficient (Wildman–Crippen LogP) is 0.404. The van der Waals surface area contributed by atoms with Gasteiger partial charge in [0.25, 0.3) is 0 Å². The van der Waals surface area contributed by atoms with Gasteiger partial charge < -0.3 is 15.4 Å². The Labute approximate surface area is 119 Å². The highest BCUT2D eigenvalue weighted by Gasteiger charge is 2.26. The van der Waals surface area contributed by atoms with Gasteiger partial charge in [0.05, 0.1) is 12.8 Å². The van der Waals surface area contributed by atoms with Crippen molar-refractivity contribution >= 4 is 5.91 Å². The average Bonchev–Trinajstić information content (AvgIpc) is 2.84. The number of aryl methyl sites for hydroxylation is 1. The van der Waals surface area contributed by atoms with Gasteiger partial charge in [0.2, 0.25) is 5.91 Å². The Hall–Kier alpha value is -1.40. The summed E-state index contributed by atoms with van der Waals surface area (Å²) in [6.07, 6.45) is 5.95. The topological polar surface area (TPSA) is 73.4 Å². The summed E-state index contributed by atoms with van der Waals surface area (Å²) in [7, 11) is 1.56. The van der Waals surface area contributed by atoms with Crippen LogP contribution in [0, 0.1) is 12.8 Å². The zero-order chi connectivity index (χ0) is 14.5. The zero-order valence-electron chi connectivity index (χ0n) is 12.3. The van der Waals surface area contributed by atoms with E-state index in [9.17, 15) is 4.79 Å². The summed E-state index contributed by atoms with van der Waals surface area (Å²) in [5, 5.41) is 4.32. The fourth-order valence-electron chi connectivity index (χ4n) is 2.65. The second-order valence-corrected chi connectivity index (χ2v) is 5.57. The van der Waals surface area contributed by atoms with Gasteiger partial charge in [-0.25, -0.2) is 0 Å². The summed E-state index contributed by atoms with van der Waals surface area (Å²) in [4.78, 5) is 13.9. The van der Waals surface area contributed by atoms with E-state index >= 15 is 0 Å². The Kier molecular flexibility index (Phi) is 5.14. The van der Waals surface area contributed by atoms with Crippen molar-refractivity contribution in [1.29, 1.82) is 0 Å². The average molecular weight is 280 g/mol. The van der Waals surface area contributed by atoms with E-state index in [1.54, 1.807) is 7.11 Å². The van der Waals surface area contributed by atoms with Crippen LogP contribution < -0.4 is 5.73 Å². The quantitative estimate of drug-likeness (QED) is 0.847. The molecule has 0 saturated carbocycles. The summed E-state index contributed by atoms with van der Waals surface area (Å²) < 4.78 is 6.93. The first-order chi connectivity index (χ1) is 9.60. The molecule has 1 atom stereocenters. The van der Waals surface area contributed by atoms with Crippen LogP contribution >= 0.6 is 0 Å². The Morgan fingerprint density at radius 3 is 2.80 bits per heavy atom. The molecule has 1 fully saturated rings. The minimum Gasteiger partial charge on any atom is -0.383 e. The molecule has 1 unspecified atom stereocenters. The Balaban J connectivity index is 1.78. The number of ether oxygens (including phenoxy) is 1. The second-order valence-electron chi connectivity index (χ2n) is 5.57. The minimum absolute atomic E-state index is 0.000216. The van der Waals surface area contributed by atoms with Gasteiger partial charge in [0.15, 0.2) is 0 Å². The van der Waals surface area contributed by atoms with Crippen LogP contribution in [0.2, 0.25) is 0 Å². The van der Waals surface area contributed by atoms with Crippen molar-refractivity contribution in [3.05, 3.63) is 18.0 Å². The Morgan fingerprint density at radius 2 is 2.25 bits per heavy atom. The highest BCUT2D eigenvalue weighted by molar-refractivity contribution is 5.81. The zero-order valence-corrected chi connectivity index (χ0v) is 12.3. The van der Waals surface area contributed by atoms with Gasteiger partial charge in [0, 0.05) is 32.9 Å². The van der Waals surface area contributed by atoms with Crippen LogP contribution in [0.3, 0.4) is 0 Å². The van der Waals surface area contributed by atoms with Crippen LogP contribution in [0.4, 0.5) is 0 Å². The summed E-state index contributed by atoms with van der Waals surface area (Å²) in [5.74, 6) is 0.581. The molecule has 0 aromatic carbocycles. The molecule has 1 saturated heterocycles. The number of carbonyl (C=O) groups excluding carboxylic acids is 1. The van der Waals surface area contributed by atoms with Gasteiger partial charge in [-0.3, -0.25) is 9.48 Å². The van der Waals surface area contributed by atoms with Crippen LogP contribution in [0.15, 0.2) is 12.4 Å². The summed E-state index contributed by atoms with van der Waals surface area (Å²) in [6, 6.07) is -0.537. The number of carbonyl (C=O) groups is 1. The molecule has 0 radical (unpaired) electrons. The first-order valence-electron chi connectivity index (χ1n) is 7.12. The van der Waals surface area contributed by atoms with Crippen molar-refractivity contribution in [3.8, 4) is 0 Å². The molecule has 112 valence electrons. The molecule has 1 amide bonds. The van der Waals surface area contributed by atoms with Crippen LogP contribution in [0.25, 0.3) is 0 Å². The van der Waals surface area contributed by atoms with Crippen LogP contribution in [0.1, 0.15) is 18.4 Å². The molecule has 20 heavy (non-hydrogen) atoms. The van der Waals surface area contributed by atoms with E-state index in [4.69, 9.17) is 10.5 Å². The third-order valence-electron chi connectivity index (χ3n) is 3.80. The van der Waals surface area contributed by atoms with Gasteiger partial charge in [-0.15, -0.1) is 0 Å². The van der Waals surface area contributed by atoms with Crippen LogP contribution in [-0.2, 0) is 16.1 Å². The minimum atomic E-state index is -0.537. The largest absolute Gasteiger partial charge is 0.383 e. The molecule has 1 aliphatic rings. The molecule has 2 N–H and O–H groups in total. The van der Waals surface area contributed by atoms with Crippen LogP contribution in [0.5, 0.6) is 0 Å². The lowest BCUT2D eigenvalue weighted by Gasteiger charge is -2.33. The molecule has 0 bridgehead atoms. The number of methoxy groups -OCH3 is 1. The van der Waals surface area contributed by atoms with Gasteiger partial charge >= 0.3 is 0 Å². The Bertz CT molecular complexity index is 438. The maximum absolute atomic E-state index is 12.1. The monoisotopic (exact) mass is 280 g/mol. The number of rotatable bonds is 5. The first kappa shape index (κ1) is 15.0. The number of aromatic nitrogens is 2. The molecular formula is C14H24N4O2. The molecule has 6 heteroatoms. The van der Waals surface area contributed by atoms with Crippen molar-refractivity contribution in [3.63, 3.8) is 0 Å². The van der Waals surface area contributed by atoms with Crippen molar-refractivity contribution < 1.29 is 9.53 Å². The van der Waals surface area contributed by atoms with E-state index in [0.717, 1.165) is 32.5 Å². The number of hydrogen-bond acceptors (Lipinski definition) is 4. The summed E-state index contributed by atoms with van der Waals surface area (Å²) in [5.41, 5.74) is 6.97. The highest BCUT2D eigenvalue weighted by atomic mass is 16.5. The van der Waals surface area contributed by atoms with Crippen molar-refractivity contribution in [2.45, 2.75) is 32.4 Å². The Morgan fingerprint density at radius 1 is 1.55 bits per heavy atom. The van der Waals surface area contributed by atoms with Crippen molar-refractivity contribution in [2.75, 3.05) is 26.8 Å². The van der Waals surface area contributed by atoms with Crippen LogP contribution in [-0.4, -0.2) is 53.4 Å². The number of nitrogens with two attached hydrogens (primary N) is 1. The smallest absolute Gasteiger partial charge is 0.241 e. The maximum atomic E-state index is 12.1. The molecule has 0 aliphatic carbocycles. The van der Waals surface area contributed by atoms with Gasteiger partial charge in [-0.05, 0) is 31.2 Å². The number of amides is 1. The highest BCUT2D eigenvalue weighted by Crippen LogP contribution is 2.19. The number of likely N-dealkylation sites (tertiary alicyclic amines) is 1. The molecule has 0 spiro atoms. The van der Waals surface area contributed by atoms with E-state index in [2.05, 4.69) is 11.3 Å². The molecule has 1 aromatic rings. The van der Waals surface area contributed by atoms with Gasteiger partial charge in [0.1, 0.15) is 6.04 Å². The standard InChI is InChI=1S/C14H24N4O2/c1-11-7-16-18(8-11)9-12-3-5-17(6-4-12)14(19)13(15)10-20-2/h7-8,12-13H,3-6,9-10,15H2,1-2H3. The van der Waals surface area contributed by atoms with E-state index < -0.39 is 6.04 Å². The molecule has 2 heterocycles. The third-order valence-corrected chi connectivity index (χ3v) is 3.80. The van der Waals surface area contributed by atoms with Gasteiger partial charge in [-0.2, -0.15) is 5.10 Å². The normalized spacial score (nSPS) is 18.2. The SMILES string of the molecule is COCC(N)C(=O)N1CCC(Cn2cc(C)cn2)CC1. The van der Waals surface area contributed by atoms with E-state index in [0.29, 0.717) is 5.92 Å². The molecule has 2 rings (SSSR count). The fraction of sp³-hybridized carbons (Fsp3) is 0.714. The summed E-state index contributed by atoms with van der Waals surface area (Å²) >= 11 is 0. The van der Waals surface area contributed by atoms with E-state index in [1.165, 1.54) is 5.56 Å². The first-order valence-corrected chi connectivity index (χ1v) is 7.12. The number of hydrogen-bond donors (Lipinski definition) is 1. The predicted molar refractivity (Wildman–Crippen MR) is 76.1 cm³/mol. The lowest BCUT2D eigenvalue weighted by molar-refractivity contribution is -0.135. The maximum Gasteiger partial charge on any atom is 0.241 e. The fourth-order valence-corrected chi connectivity index (χ4v) is 2.65. The lowest BCUT2D eigenvalue weighted by Crippen LogP contribution is -2.49. The molecular weight excluding hydrogens is 256 g/mol. The molecule has 1 aliphatic heterocycles.